The molecule has 1 aromatic carbocycles. The summed E-state index contributed by atoms with van der Waals surface area (Å²) in [6.45, 7) is 1.67. The fraction of sp³-hybridized carbons (Fsp3) is 0.100. The molecule has 0 saturated heterocycles. The van der Waals surface area contributed by atoms with E-state index in [2.05, 4.69) is 14.9 Å². The molecule has 0 aliphatic rings. The van der Waals surface area contributed by atoms with Gasteiger partial charge >= 0.3 is 0 Å². The average molecular weight is 252 g/mol. The van der Waals surface area contributed by atoms with Gasteiger partial charge in [-0.3, -0.25) is 9.82 Å². The molecule has 0 fully saturated rings. The van der Waals surface area contributed by atoms with Crippen molar-refractivity contribution in [1.29, 1.82) is 0 Å². The van der Waals surface area contributed by atoms with Crippen LogP contribution < -0.4 is 10.5 Å². The van der Waals surface area contributed by atoms with Crippen LogP contribution >= 0.6 is 0 Å². The van der Waals surface area contributed by atoms with Crippen LogP contribution in [0.3, 0.4) is 0 Å². The first kappa shape index (κ1) is 11.5. The predicted molar refractivity (Wildman–Crippen MR) is 65.0 cm³/mol. The third-order valence-electron chi connectivity index (χ3n) is 2.37. The first-order valence-electron chi connectivity index (χ1n) is 4.87. The SMILES string of the molecule is Cc1c(N)cccc1S(=O)(=O)Nc1cn[nH]c1. The second kappa shape index (κ2) is 4.10. The normalized spacial score (nSPS) is 11.4. The van der Waals surface area contributed by atoms with Gasteiger partial charge in [-0.25, -0.2) is 8.42 Å². The number of nitrogens with two attached hydrogens (primary N) is 1. The summed E-state index contributed by atoms with van der Waals surface area (Å²) in [5, 5.41) is 6.19. The third-order valence-corrected chi connectivity index (χ3v) is 3.89. The van der Waals surface area contributed by atoms with E-state index in [0.29, 0.717) is 16.9 Å². The number of anilines is 2. The van der Waals surface area contributed by atoms with Crippen LogP contribution in [0.5, 0.6) is 0 Å². The van der Waals surface area contributed by atoms with Crippen LogP contribution in [-0.4, -0.2) is 18.6 Å². The molecule has 90 valence electrons. The van der Waals surface area contributed by atoms with Crippen molar-refractivity contribution < 1.29 is 8.42 Å². The van der Waals surface area contributed by atoms with E-state index in [9.17, 15) is 8.42 Å². The Kier molecular flexibility index (Phi) is 2.76. The van der Waals surface area contributed by atoms with Gasteiger partial charge < -0.3 is 5.73 Å². The van der Waals surface area contributed by atoms with Crippen LogP contribution in [-0.2, 0) is 10.0 Å². The lowest BCUT2D eigenvalue weighted by Gasteiger charge is -2.10. The number of hydrogen-bond acceptors (Lipinski definition) is 4. The number of aromatic nitrogens is 2. The highest BCUT2D eigenvalue weighted by atomic mass is 32.2. The summed E-state index contributed by atoms with van der Waals surface area (Å²) in [7, 11) is -3.63. The van der Waals surface area contributed by atoms with Gasteiger partial charge in [0, 0.05) is 11.9 Å². The minimum atomic E-state index is -3.63. The largest absolute Gasteiger partial charge is 0.398 e. The smallest absolute Gasteiger partial charge is 0.262 e. The Labute approximate surface area is 98.9 Å². The molecule has 0 aliphatic heterocycles. The minimum absolute atomic E-state index is 0.165. The minimum Gasteiger partial charge on any atom is -0.398 e. The number of hydrogen-bond donors (Lipinski definition) is 3. The second-order valence-corrected chi connectivity index (χ2v) is 5.21. The number of rotatable bonds is 3. The first-order valence-corrected chi connectivity index (χ1v) is 6.36. The highest BCUT2D eigenvalue weighted by Crippen LogP contribution is 2.22. The summed E-state index contributed by atoms with van der Waals surface area (Å²) in [5.41, 5.74) is 7.04. The Hall–Kier alpha value is -2.02. The van der Waals surface area contributed by atoms with Crippen molar-refractivity contribution >= 4 is 21.4 Å². The molecular weight excluding hydrogens is 240 g/mol. The molecule has 0 spiro atoms. The third kappa shape index (κ3) is 2.23. The second-order valence-electron chi connectivity index (χ2n) is 3.56. The van der Waals surface area contributed by atoms with Gasteiger partial charge in [0.05, 0.1) is 16.8 Å². The van der Waals surface area contributed by atoms with Crippen molar-refractivity contribution in [3.05, 3.63) is 36.2 Å². The Morgan fingerprint density at radius 3 is 2.82 bits per heavy atom. The van der Waals surface area contributed by atoms with E-state index in [-0.39, 0.29) is 4.90 Å². The summed E-state index contributed by atoms with van der Waals surface area (Å²) < 4.78 is 26.5. The lowest BCUT2D eigenvalue weighted by atomic mass is 10.2. The van der Waals surface area contributed by atoms with Crippen molar-refractivity contribution in [3.63, 3.8) is 0 Å². The highest BCUT2D eigenvalue weighted by molar-refractivity contribution is 7.92. The molecule has 1 aromatic heterocycles. The molecule has 17 heavy (non-hydrogen) atoms. The van der Waals surface area contributed by atoms with Crippen LogP contribution in [0.15, 0.2) is 35.5 Å². The molecule has 2 rings (SSSR count). The van der Waals surface area contributed by atoms with Crippen LogP contribution in [0.2, 0.25) is 0 Å². The zero-order valence-electron chi connectivity index (χ0n) is 9.14. The monoisotopic (exact) mass is 252 g/mol. The Morgan fingerprint density at radius 1 is 1.41 bits per heavy atom. The van der Waals surface area contributed by atoms with Crippen molar-refractivity contribution in [3.8, 4) is 0 Å². The molecular formula is C10H12N4O2S. The van der Waals surface area contributed by atoms with Gasteiger partial charge in [0.2, 0.25) is 0 Å². The van der Waals surface area contributed by atoms with Crippen molar-refractivity contribution in [1.82, 2.24) is 10.2 Å². The van der Waals surface area contributed by atoms with Crippen LogP contribution in [0, 0.1) is 6.92 Å². The molecule has 0 atom stereocenters. The molecule has 4 N–H and O–H groups in total. The molecule has 0 aliphatic carbocycles. The molecule has 0 bridgehead atoms. The average Bonchev–Trinajstić information content (AvgIpc) is 2.73. The number of sulfonamides is 1. The molecule has 6 nitrogen and oxygen atoms in total. The van der Waals surface area contributed by atoms with Gasteiger partial charge in [-0.2, -0.15) is 5.10 Å². The lowest BCUT2D eigenvalue weighted by molar-refractivity contribution is 0.600. The summed E-state index contributed by atoms with van der Waals surface area (Å²) in [6.07, 6.45) is 2.85. The lowest BCUT2D eigenvalue weighted by Crippen LogP contribution is -2.14. The molecule has 0 unspecified atom stereocenters. The maximum absolute atomic E-state index is 12.1. The van der Waals surface area contributed by atoms with Crippen LogP contribution in [0.25, 0.3) is 0 Å². The van der Waals surface area contributed by atoms with Crippen LogP contribution in [0.1, 0.15) is 5.56 Å². The van der Waals surface area contributed by atoms with E-state index in [1.165, 1.54) is 18.5 Å². The zero-order chi connectivity index (χ0) is 12.5. The number of nitrogen functional groups attached to an aromatic ring is 1. The van der Waals surface area contributed by atoms with Gasteiger partial charge in [-0.1, -0.05) is 6.07 Å². The van der Waals surface area contributed by atoms with E-state index in [1.807, 2.05) is 0 Å². The van der Waals surface area contributed by atoms with Gasteiger partial charge in [0.15, 0.2) is 0 Å². The van der Waals surface area contributed by atoms with Gasteiger partial charge in [-0.15, -0.1) is 0 Å². The quantitative estimate of drug-likeness (QED) is 0.712. The number of H-pyrrole nitrogens is 1. The molecule has 0 radical (unpaired) electrons. The topological polar surface area (TPSA) is 101 Å². The molecule has 0 saturated carbocycles. The predicted octanol–water partition coefficient (Wildman–Crippen LogP) is 1.10. The molecule has 0 amide bonds. The zero-order valence-corrected chi connectivity index (χ0v) is 9.95. The molecule has 7 heteroatoms. The van der Waals surface area contributed by atoms with E-state index in [4.69, 9.17) is 5.73 Å². The number of nitrogens with zero attached hydrogens (tertiary/aromatic N) is 1. The maximum Gasteiger partial charge on any atom is 0.262 e. The molecule has 1 heterocycles. The first-order chi connectivity index (χ1) is 8.00. The standard InChI is InChI=1S/C10H12N4O2S/c1-7-9(11)3-2-4-10(7)17(15,16)14-8-5-12-13-6-8/h2-6,14H,11H2,1H3,(H,12,13). The summed E-state index contributed by atoms with van der Waals surface area (Å²) >= 11 is 0. The van der Waals surface area contributed by atoms with E-state index < -0.39 is 10.0 Å². The van der Waals surface area contributed by atoms with Crippen molar-refractivity contribution in [2.75, 3.05) is 10.5 Å². The summed E-state index contributed by atoms with van der Waals surface area (Å²) in [6, 6.07) is 4.77. The maximum atomic E-state index is 12.1. The number of benzene rings is 1. The van der Waals surface area contributed by atoms with Gasteiger partial charge in [0.25, 0.3) is 10.0 Å². The van der Waals surface area contributed by atoms with E-state index >= 15 is 0 Å². The van der Waals surface area contributed by atoms with E-state index in [0.717, 1.165) is 0 Å². The Morgan fingerprint density at radius 2 is 2.18 bits per heavy atom. The van der Waals surface area contributed by atoms with E-state index in [1.54, 1.807) is 19.1 Å². The fourth-order valence-corrected chi connectivity index (χ4v) is 2.75. The van der Waals surface area contributed by atoms with Gasteiger partial charge in [-0.05, 0) is 24.6 Å². The van der Waals surface area contributed by atoms with Crippen LogP contribution in [0.4, 0.5) is 11.4 Å². The Balaban J connectivity index is 2.42. The fourth-order valence-electron chi connectivity index (χ4n) is 1.44. The van der Waals surface area contributed by atoms with Crippen molar-refractivity contribution in [2.24, 2.45) is 0 Å². The number of nitrogens with one attached hydrogen (secondary N) is 2. The van der Waals surface area contributed by atoms with Gasteiger partial charge in [0.1, 0.15) is 0 Å². The number of aromatic amines is 1. The van der Waals surface area contributed by atoms with Crippen molar-refractivity contribution in [2.45, 2.75) is 11.8 Å². The summed E-state index contributed by atoms with van der Waals surface area (Å²) in [4.78, 5) is 0.165. The molecule has 2 aromatic rings. The summed E-state index contributed by atoms with van der Waals surface area (Å²) in [5.74, 6) is 0. The Bertz CT molecular complexity index is 620. The highest BCUT2D eigenvalue weighted by Gasteiger charge is 2.18.